The van der Waals surface area contributed by atoms with Gasteiger partial charge in [0.1, 0.15) is 11.4 Å². The lowest BCUT2D eigenvalue weighted by Gasteiger charge is -2.32. The number of rotatable bonds is 8. The van der Waals surface area contributed by atoms with Gasteiger partial charge in [0.25, 0.3) is 0 Å². The number of carbonyl (C=O) groups excluding carboxylic acids is 2. The zero-order valence-electron chi connectivity index (χ0n) is 16.0. The lowest BCUT2D eigenvalue weighted by molar-refractivity contribution is -0.140. The summed E-state index contributed by atoms with van der Waals surface area (Å²) in [5.41, 5.74) is 1.06. The molecule has 6 heteroatoms. The Kier molecular flexibility index (Phi) is 7.37. The van der Waals surface area contributed by atoms with Gasteiger partial charge in [-0.25, -0.2) is 0 Å². The van der Waals surface area contributed by atoms with Crippen LogP contribution in [0.5, 0.6) is 5.75 Å². The first-order valence-corrected chi connectivity index (χ1v) is 8.85. The van der Waals surface area contributed by atoms with Crippen molar-refractivity contribution in [3.05, 3.63) is 65.7 Å². The molecule has 2 aromatic carbocycles. The predicted molar refractivity (Wildman–Crippen MR) is 103 cm³/mol. The van der Waals surface area contributed by atoms with E-state index in [1.807, 2.05) is 55.5 Å². The van der Waals surface area contributed by atoms with Crippen LogP contribution >= 0.6 is 0 Å². The van der Waals surface area contributed by atoms with Crippen molar-refractivity contribution in [3.63, 3.8) is 0 Å². The predicted octanol–water partition coefficient (Wildman–Crippen LogP) is 2.38. The van der Waals surface area contributed by atoms with E-state index in [-0.39, 0.29) is 13.1 Å². The number of hydrogen-bond donors (Lipinski definition) is 2. The smallest absolute Gasteiger partial charge is 0.309 e. The largest absolute Gasteiger partial charge is 0.496 e. The molecular formula is C21H26N2O4. The average molecular weight is 370 g/mol. The molecule has 0 aliphatic heterocycles. The molecule has 1 atom stereocenters. The maximum Gasteiger partial charge on any atom is 0.309 e. The normalized spacial score (nSPS) is 12.7. The van der Waals surface area contributed by atoms with Gasteiger partial charge >= 0.3 is 11.8 Å². The molecule has 27 heavy (non-hydrogen) atoms. The van der Waals surface area contributed by atoms with E-state index in [2.05, 4.69) is 10.6 Å². The molecule has 0 bridgehead atoms. The summed E-state index contributed by atoms with van der Waals surface area (Å²) in [6.45, 7) is 2.38. The van der Waals surface area contributed by atoms with Crippen molar-refractivity contribution in [2.75, 3.05) is 20.8 Å². The van der Waals surface area contributed by atoms with Gasteiger partial charge in [-0.05, 0) is 18.1 Å². The van der Waals surface area contributed by atoms with Crippen LogP contribution in [0.3, 0.4) is 0 Å². The number of hydrogen-bond acceptors (Lipinski definition) is 4. The molecule has 0 spiro atoms. The molecule has 144 valence electrons. The Balaban J connectivity index is 1.96. The van der Waals surface area contributed by atoms with Crippen molar-refractivity contribution in [2.45, 2.75) is 25.5 Å². The summed E-state index contributed by atoms with van der Waals surface area (Å²) in [5, 5.41) is 5.30. The first-order chi connectivity index (χ1) is 13.1. The third kappa shape index (κ3) is 5.08. The Morgan fingerprint density at radius 1 is 0.926 bits per heavy atom. The second-order valence-electron chi connectivity index (χ2n) is 6.10. The van der Waals surface area contributed by atoms with Crippen LogP contribution in [0.1, 0.15) is 24.5 Å². The van der Waals surface area contributed by atoms with Crippen molar-refractivity contribution < 1.29 is 19.1 Å². The van der Waals surface area contributed by atoms with E-state index in [9.17, 15) is 9.59 Å². The lowest BCUT2D eigenvalue weighted by Crippen LogP contribution is -2.46. The van der Waals surface area contributed by atoms with Crippen molar-refractivity contribution >= 4 is 11.8 Å². The molecule has 0 fully saturated rings. The van der Waals surface area contributed by atoms with E-state index in [0.717, 1.165) is 11.1 Å². The van der Waals surface area contributed by atoms with E-state index < -0.39 is 17.4 Å². The van der Waals surface area contributed by atoms with Crippen LogP contribution in [0.25, 0.3) is 0 Å². The molecular weight excluding hydrogens is 344 g/mol. The van der Waals surface area contributed by atoms with Crippen LogP contribution in [-0.4, -0.2) is 32.6 Å². The zero-order valence-corrected chi connectivity index (χ0v) is 16.0. The summed E-state index contributed by atoms with van der Waals surface area (Å²) < 4.78 is 10.9. The minimum Gasteiger partial charge on any atom is -0.496 e. The third-order valence-corrected chi connectivity index (χ3v) is 4.63. The van der Waals surface area contributed by atoms with Crippen molar-refractivity contribution in [2.24, 2.45) is 0 Å². The fourth-order valence-corrected chi connectivity index (χ4v) is 2.92. The van der Waals surface area contributed by atoms with Crippen molar-refractivity contribution in [3.8, 4) is 5.75 Å². The van der Waals surface area contributed by atoms with Crippen LogP contribution in [0.15, 0.2) is 54.6 Å². The van der Waals surface area contributed by atoms with Gasteiger partial charge in [-0.3, -0.25) is 9.59 Å². The summed E-state index contributed by atoms with van der Waals surface area (Å²) in [4.78, 5) is 24.4. The topological polar surface area (TPSA) is 76.7 Å². The van der Waals surface area contributed by atoms with E-state index in [4.69, 9.17) is 9.47 Å². The van der Waals surface area contributed by atoms with Crippen molar-refractivity contribution in [1.82, 2.24) is 10.6 Å². The molecule has 0 aromatic heterocycles. The Bertz CT molecular complexity index is 758. The number of para-hydroxylation sites is 1. The number of nitrogens with one attached hydrogen (secondary N) is 2. The van der Waals surface area contributed by atoms with Gasteiger partial charge < -0.3 is 20.1 Å². The summed E-state index contributed by atoms with van der Waals surface area (Å²) in [6.07, 6.45) is 0.649. The molecule has 6 nitrogen and oxygen atoms in total. The molecule has 0 saturated carbocycles. The van der Waals surface area contributed by atoms with Gasteiger partial charge in [0, 0.05) is 19.2 Å². The molecule has 0 radical (unpaired) electrons. The summed E-state index contributed by atoms with van der Waals surface area (Å²) in [6, 6.07) is 17.0. The molecule has 0 aliphatic rings. The quantitative estimate of drug-likeness (QED) is 0.700. The average Bonchev–Trinajstić information content (AvgIpc) is 2.73. The number of methoxy groups -OCH3 is 2. The van der Waals surface area contributed by atoms with Crippen LogP contribution in [0.2, 0.25) is 0 Å². The maximum atomic E-state index is 12.2. The summed E-state index contributed by atoms with van der Waals surface area (Å²) in [5.74, 6) is -0.738. The first kappa shape index (κ1) is 20.5. The zero-order chi connectivity index (χ0) is 19.7. The highest BCUT2D eigenvalue weighted by Crippen LogP contribution is 2.28. The van der Waals surface area contributed by atoms with E-state index >= 15 is 0 Å². The second kappa shape index (κ2) is 9.73. The summed E-state index contributed by atoms with van der Waals surface area (Å²) >= 11 is 0. The Hall–Kier alpha value is -2.86. The van der Waals surface area contributed by atoms with Gasteiger partial charge in [-0.15, -0.1) is 0 Å². The number of carbonyl (C=O) groups is 2. The van der Waals surface area contributed by atoms with Gasteiger partial charge in [-0.2, -0.15) is 0 Å². The van der Waals surface area contributed by atoms with Gasteiger partial charge in [-0.1, -0.05) is 55.5 Å². The summed E-state index contributed by atoms with van der Waals surface area (Å²) in [7, 11) is 3.16. The van der Waals surface area contributed by atoms with Crippen LogP contribution in [-0.2, 0) is 26.5 Å². The lowest BCUT2D eigenvalue weighted by atomic mass is 9.90. The fraction of sp³-hybridized carbons (Fsp3) is 0.333. The Labute approximate surface area is 159 Å². The molecule has 2 aromatic rings. The first-order valence-electron chi connectivity index (χ1n) is 8.85. The van der Waals surface area contributed by atoms with Crippen LogP contribution < -0.4 is 15.4 Å². The highest BCUT2D eigenvalue weighted by molar-refractivity contribution is 6.35. The van der Waals surface area contributed by atoms with Gasteiger partial charge in [0.2, 0.25) is 0 Å². The van der Waals surface area contributed by atoms with Crippen LogP contribution in [0.4, 0.5) is 0 Å². The molecule has 2 N–H and O–H groups in total. The SMILES string of the molecule is CCC(CNC(=O)C(=O)NCc1ccccc1OC)(OC)c1ccccc1. The molecule has 0 saturated heterocycles. The highest BCUT2D eigenvalue weighted by Gasteiger charge is 2.31. The molecule has 2 rings (SSSR count). The second-order valence-corrected chi connectivity index (χ2v) is 6.10. The minimum absolute atomic E-state index is 0.199. The Morgan fingerprint density at radius 2 is 1.56 bits per heavy atom. The highest BCUT2D eigenvalue weighted by atomic mass is 16.5. The van der Waals surface area contributed by atoms with Crippen LogP contribution in [0, 0.1) is 0 Å². The molecule has 0 heterocycles. The number of ether oxygens (including phenoxy) is 2. The number of amides is 2. The van der Waals surface area contributed by atoms with Gasteiger partial charge in [0.05, 0.1) is 13.7 Å². The third-order valence-electron chi connectivity index (χ3n) is 4.63. The maximum absolute atomic E-state index is 12.2. The molecule has 0 aliphatic carbocycles. The standard InChI is InChI=1S/C21H26N2O4/c1-4-21(27-3,17-11-6-5-7-12-17)15-23-20(25)19(24)22-14-16-10-8-9-13-18(16)26-2/h5-13H,4,14-15H2,1-3H3,(H,22,24)(H,23,25). The molecule has 1 unspecified atom stereocenters. The van der Waals surface area contributed by atoms with E-state index in [0.29, 0.717) is 12.2 Å². The minimum atomic E-state index is -0.699. The van der Waals surface area contributed by atoms with Gasteiger partial charge in [0.15, 0.2) is 0 Å². The Morgan fingerprint density at radius 3 is 2.19 bits per heavy atom. The number of benzene rings is 2. The van der Waals surface area contributed by atoms with Crippen molar-refractivity contribution in [1.29, 1.82) is 0 Å². The van der Waals surface area contributed by atoms with E-state index in [1.54, 1.807) is 20.3 Å². The molecule has 2 amide bonds. The van der Waals surface area contributed by atoms with E-state index in [1.165, 1.54) is 0 Å². The fourth-order valence-electron chi connectivity index (χ4n) is 2.92. The monoisotopic (exact) mass is 370 g/mol.